The van der Waals surface area contributed by atoms with E-state index in [4.69, 9.17) is 0 Å². The number of carbonyl (C=O) groups is 1. The van der Waals surface area contributed by atoms with Gasteiger partial charge in [0.25, 0.3) is 0 Å². The highest BCUT2D eigenvalue weighted by molar-refractivity contribution is 5.93. The normalized spacial score (nSPS) is 19.8. The highest BCUT2D eigenvalue weighted by atomic mass is 35.5. The number of allylic oxidation sites excluding steroid dienone is 1. The molecule has 0 aliphatic carbocycles. The van der Waals surface area contributed by atoms with Gasteiger partial charge in [0.05, 0.1) is 0 Å². The summed E-state index contributed by atoms with van der Waals surface area (Å²) in [7, 11) is 0. The van der Waals surface area contributed by atoms with E-state index in [-0.39, 0.29) is 18.3 Å². The molecule has 0 aromatic rings. The molecule has 1 fully saturated rings. The molecule has 3 nitrogen and oxygen atoms in total. The van der Waals surface area contributed by atoms with E-state index in [1.165, 1.54) is 0 Å². The van der Waals surface area contributed by atoms with Crippen molar-refractivity contribution in [3.05, 3.63) is 11.1 Å². The second-order valence-electron chi connectivity index (χ2n) is 3.79. The summed E-state index contributed by atoms with van der Waals surface area (Å²) < 4.78 is 0. The molecule has 0 bridgehead atoms. The molecule has 2 N–H and O–H groups in total. The van der Waals surface area contributed by atoms with Crippen molar-refractivity contribution >= 4 is 18.3 Å². The minimum Gasteiger partial charge on any atom is -0.348 e. The summed E-state index contributed by atoms with van der Waals surface area (Å²) in [6.45, 7) is 7.71. The van der Waals surface area contributed by atoms with E-state index < -0.39 is 0 Å². The fourth-order valence-corrected chi connectivity index (χ4v) is 1.30. The zero-order valence-electron chi connectivity index (χ0n) is 9.02. The molecule has 1 atom stereocenters. The van der Waals surface area contributed by atoms with E-state index in [2.05, 4.69) is 10.6 Å². The molecule has 0 radical (unpaired) electrons. The lowest BCUT2D eigenvalue weighted by Crippen LogP contribution is -2.36. The van der Waals surface area contributed by atoms with Crippen molar-refractivity contribution in [1.29, 1.82) is 0 Å². The Morgan fingerprint density at radius 2 is 2.00 bits per heavy atom. The van der Waals surface area contributed by atoms with Crippen LogP contribution in [0.4, 0.5) is 0 Å². The molecule has 1 unspecified atom stereocenters. The van der Waals surface area contributed by atoms with E-state index in [0.29, 0.717) is 6.04 Å². The molecular weight excluding hydrogens is 200 g/mol. The van der Waals surface area contributed by atoms with Crippen molar-refractivity contribution in [3.63, 3.8) is 0 Å². The van der Waals surface area contributed by atoms with Crippen molar-refractivity contribution in [2.45, 2.75) is 33.2 Å². The fourth-order valence-electron chi connectivity index (χ4n) is 1.30. The number of hydrogen-bond acceptors (Lipinski definition) is 2. The van der Waals surface area contributed by atoms with Crippen LogP contribution in [-0.2, 0) is 4.79 Å². The van der Waals surface area contributed by atoms with Gasteiger partial charge in [-0.25, -0.2) is 0 Å². The number of amides is 1. The highest BCUT2D eigenvalue weighted by Crippen LogP contribution is 2.04. The Morgan fingerprint density at radius 1 is 1.36 bits per heavy atom. The van der Waals surface area contributed by atoms with Gasteiger partial charge in [0.15, 0.2) is 0 Å². The molecule has 82 valence electrons. The molecule has 0 aromatic heterocycles. The van der Waals surface area contributed by atoms with Crippen LogP contribution < -0.4 is 10.6 Å². The van der Waals surface area contributed by atoms with Crippen LogP contribution in [0.25, 0.3) is 0 Å². The van der Waals surface area contributed by atoms with Crippen LogP contribution in [0.1, 0.15) is 27.2 Å². The second-order valence-corrected chi connectivity index (χ2v) is 3.79. The maximum absolute atomic E-state index is 11.5. The molecule has 0 saturated carbocycles. The molecule has 1 heterocycles. The Kier molecular flexibility index (Phi) is 5.81. The number of carbonyl (C=O) groups excluding carboxylic acids is 1. The van der Waals surface area contributed by atoms with Gasteiger partial charge in [-0.05, 0) is 33.7 Å². The van der Waals surface area contributed by atoms with Gasteiger partial charge in [-0.15, -0.1) is 12.4 Å². The maximum Gasteiger partial charge on any atom is 0.247 e. The minimum absolute atomic E-state index is 0. The Bertz CT molecular complexity index is 228. The molecular formula is C10H19ClN2O. The third kappa shape index (κ3) is 3.68. The van der Waals surface area contributed by atoms with Crippen LogP contribution in [0.15, 0.2) is 11.1 Å². The average molecular weight is 219 g/mol. The summed E-state index contributed by atoms with van der Waals surface area (Å²) in [5.41, 5.74) is 1.93. The molecule has 1 amide bonds. The van der Waals surface area contributed by atoms with Gasteiger partial charge in [0, 0.05) is 18.2 Å². The first-order valence-electron chi connectivity index (χ1n) is 4.77. The number of hydrogen-bond donors (Lipinski definition) is 2. The average Bonchev–Trinajstić information content (AvgIpc) is 2.55. The fraction of sp³-hybridized carbons (Fsp3) is 0.700. The Balaban J connectivity index is 0.00000169. The zero-order valence-corrected chi connectivity index (χ0v) is 9.83. The molecule has 0 spiro atoms. The molecule has 1 aliphatic rings. The standard InChI is InChI=1S/C10H18N2O.ClH/c1-7(2)8(3)10(13)12-9-4-5-11-6-9;/h9,11H,4-6H2,1-3H3,(H,12,13);1H. The molecule has 0 aromatic carbocycles. The van der Waals surface area contributed by atoms with Crippen molar-refractivity contribution in [3.8, 4) is 0 Å². The largest absolute Gasteiger partial charge is 0.348 e. The van der Waals surface area contributed by atoms with Gasteiger partial charge >= 0.3 is 0 Å². The van der Waals surface area contributed by atoms with Crippen LogP contribution in [0, 0.1) is 0 Å². The van der Waals surface area contributed by atoms with Crippen LogP contribution in [0.5, 0.6) is 0 Å². The van der Waals surface area contributed by atoms with E-state index in [9.17, 15) is 4.79 Å². The lowest BCUT2D eigenvalue weighted by molar-refractivity contribution is -0.118. The smallest absolute Gasteiger partial charge is 0.247 e. The number of rotatable bonds is 2. The zero-order chi connectivity index (χ0) is 9.84. The van der Waals surface area contributed by atoms with E-state index in [0.717, 1.165) is 30.7 Å². The van der Waals surface area contributed by atoms with Crippen LogP contribution >= 0.6 is 12.4 Å². The molecule has 14 heavy (non-hydrogen) atoms. The second kappa shape index (κ2) is 6.04. The molecule has 1 aliphatic heterocycles. The SMILES string of the molecule is CC(C)=C(C)C(=O)NC1CCNC1.Cl. The van der Waals surface area contributed by atoms with Crippen molar-refractivity contribution in [1.82, 2.24) is 10.6 Å². The number of nitrogens with one attached hydrogen (secondary N) is 2. The van der Waals surface area contributed by atoms with Crippen LogP contribution in [0.3, 0.4) is 0 Å². The third-order valence-corrected chi connectivity index (χ3v) is 2.49. The van der Waals surface area contributed by atoms with Gasteiger partial charge in [-0.1, -0.05) is 5.57 Å². The van der Waals surface area contributed by atoms with Crippen molar-refractivity contribution in [2.24, 2.45) is 0 Å². The first-order chi connectivity index (χ1) is 6.11. The first kappa shape index (κ1) is 13.5. The topological polar surface area (TPSA) is 41.1 Å². The van der Waals surface area contributed by atoms with E-state index in [1.807, 2.05) is 20.8 Å². The summed E-state index contributed by atoms with van der Waals surface area (Å²) in [6, 6.07) is 0.321. The summed E-state index contributed by atoms with van der Waals surface area (Å²) in [6.07, 6.45) is 1.04. The Hall–Kier alpha value is -0.540. The molecule has 1 rings (SSSR count). The van der Waals surface area contributed by atoms with Gasteiger partial charge in [0.2, 0.25) is 5.91 Å². The first-order valence-corrected chi connectivity index (χ1v) is 4.77. The maximum atomic E-state index is 11.5. The Morgan fingerprint density at radius 3 is 2.43 bits per heavy atom. The summed E-state index contributed by atoms with van der Waals surface area (Å²) in [5.74, 6) is 0.0775. The monoisotopic (exact) mass is 218 g/mol. The minimum atomic E-state index is 0. The predicted molar refractivity (Wildman–Crippen MR) is 60.7 cm³/mol. The quantitative estimate of drug-likeness (QED) is 0.685. The predicted octanol–water partition coefficient (Wildman–Crippen LogP) is 1.24. The molecule has 4 heteroatoms. The van der Waals surface area contributed by atoms with Crippen molar-refractivity contribution in [2.75, 3.05) is 13.1 Å². The van der Waals surface area contributed by atoms with Crippen molar-refractivity contribution < 1.29 is 4.79 Å². The van der Waals surface area contributed by atoms with E-state index in [1.54, 1.807) is 0 Å². The van der Waals surface area contributed by atoms with Gasteiger partial charge in [0.1, 0.15) is 0 Å². The summed E-state index contributed by atoms with van der Waals surface area (Å²) in [5, 5.41) is 6.22. The van der Waals surface area contributed by atoms with Gasteiger partial charge < -0.3 is 10.6 Å². The highest BCUT2D eigenvalue weighted by Gasteiger charge is 2.17. The summed E-state index contributed by atoms with van der Waals surface area (Å²) in [4.78, 5) is 11.5. The van der Waals surface area contributed by atoms with Crippen LogP contribution in [-0.4, -0.2) is 25.0 Å². The number of halogens is 1. The van der Waals surface area contributed by atoms with Crippen LogP contribution in [0.2, 0.25) is 0 Å². The van der Waals surface area contributed by atoms with Gasteiger partial charge in [-0.3, -0.25) is 4.79 Å². The third-order valence-electron chi connectivity index (χ3n) is 2.49. The van der Waals surface area contributed by atoms with E-state index >= 15 is 0 Å². The van der Waals surface area contributed by atoms with Gasteiger partial charge in [-0.2, -0.15) is 0 Å². The lowest BCUT2D eigenvalue weighted by Gasteiger charge is -2.12. The summed E-state index contributed by atoms with van der Waals surface area (Å²) >= 11 is 0. The Labute approximate surface area is 91.7 Å². The lowest BCUT2D eigenvalue weighted by atomic mass is 10.1. The molecule has 1 saturated heterocycles.